The van der Waals surface area contributed by atoms with E-state index in [4.69, 9.17) is 5.26 Å². The molecule has 0 aliphatic carbocycles. The Kier molecular flexibility index (Phi) is 5.92. The van der Waals surface area contributed by atoms with Gasteiger partial charge in [-0.3, -0.25) is 9.69 Å². The summed E-state index contributed by atoms with van der Waals surface area (Å²) in [6.07, 6.45) is 0. The quantitative estimate of drug-likeness (QED) is 0.591. The Balaban J connectivity index is 1.52. The molecule has 0 spiro atoms. The minimum atomic E-state index is -0.404. The normalized spacial score (nSPS) is 15.4. The molecular weight excluding hydrogens is 408 g/mol. The van der Waals surface area contributed by atoms with E-state index in [0.717, 1.165) is 16.8 Å². The van der Waals surface area contributed by atoms with Gasteiger partial charge in [0.15, 0.2) is 0 Å². The van der Waals surface area contributed by atoms with Crippen LogP contribution in [0.3, 0.4) is 0 Å². The summed E-state index contributed by atoms with van der Waals surface area (Å²) < 4.78 is 0. The maximum atomic E-state index is 12.6. The molecule has 154 valence electrons. The van der Waals surface area contributed by atoms with Crippen LogP contribution >= 0.6 is 11.8 Å². The van der Waals surface area contributed by atoms with Gasteiger partial charge in [0.2, 0.25) is 5.91 Å². The lowest BCUT2D eigenvalue weighted by Gasteiger charge is -2.26. The first-order valence-electron chi connectivity index (χ1n) is 9.72. The molecule has 2 N–H and O–H groups in total. The summed E-state index contributed by atoms with van der Waals surface area (Å²) in [5.41, 5.74) is 4.50. The second-order valence-corrected chi connectivity index (χ2v) is 8.18. The molecule has 0 aromatic heterocycles. The summed E-state index contributed by atoms with van der Waals surface area (Å²) in [4.78, 5) is 26.9. The molecule has 1 fully saturated rings. The predicted molar refractivity (Wildman–Crippen MR) is 124 cm³/mol. The number of aryl methyl sites for hydroxylation is 1. The Labute approximate surface area is 184 Å². The number of hydrogen-bond donors (Lipinski definition) is 2. The van der Waals surface area contributed by atoms with Gasteiger partial charge in [-0.05, 0) is 54.4 Å². The van der Waals surface area contributed by atoms with E-state index in [1.807, 2.05) is 60.4 Å². The van der Waals surface area contributed by atoms with E-state index in [0.29, 0.717) is 22.7 Å². The first-order valence-corrected chi connectivity index (χ1v) is 10.8. The van der Waals surface area contributed by atoms with Crippen LogP contribution in [-0.2, 0) is 4.79 Å². The van der Waals surface area contributed by atoms with Gasteiger partial charge >= 0.3 is 6.03 Å². The van der Waals surface area contributed by atoms with Gasteiger partial charge in [-0.1, -0.05) is 36.4 Å². The van der Waals surface area contributed by atoms with E-state index in [9.17, 15) is 9.59 Å². The molecule has 3 aromatic carbocycles. The van der Waals surface area contributed by atoms with Crippen molar-refractivity contribution in [3.8, 4) is 6.07 Å². The summed E-state index contributed by atoms with van der Waals surface area (Å²) in [7, 11) is 0. The molecule has 0 bridgehead atoms. The number of benzene rings is 3. The zero-order valence-electron chi connectivity index (χ0n) is 16.8. The second-order valence-electron chi connectivity index (χ2n) is 7.11. The van der Waals surface area contributed by atoms with E-state index in [1.165, 1.54) is 0 Å². The summed E-state index contributed by atoms with van der Waals surface area (Å²) in [5.74, 6) is 0.476. The fraction of sp³-hybridized carbons (Fsp3) is 0.125. The average Bonchev–Trinajstić information content (AvgIpc) is 3.15. The first-order chi connectivity index (χ1) is 15.0. The van der Waals surface area contributed by atoms with Crippen LogP contribution in [0.1, 0.15) is 22.1 Å². The molecule has 3 aromatic rings. The van der Waals surface area contributed by atoms with Crippen LogP contribution in [0.4, 0.5) is 21.9 Å². The molecule has 6 nitrogen and oxygen atoms in total. The van der Waals surface area contributed by atoms with E-state index >= 15 is 0 Å². The lowest BCUT2D eigenvalue weighted by Crippen LogP contribution is -2.28. The van der Waals surface area contributed by atoms with Crippen molar-refractivity contribution in [2.75, 3.05) is 21.3 Å². The highest BCUT2D eigenvalue weighted by atomic mass is 32.2. The number of rotatable bonds is 4. The van der Waals surface area contributed by atoms with Crippen LogP contribution in [0.2, 0.25) is 0 Å². The average molecular weight is 429 g/mol. The Bertz CT molecular complexity index is 1190. The van der Waals surface area contributed by atoms with Crippen molar-refractivity contribution in [1.82, 2.24) is 0 Å². The van der Waals surface area contributed by atoms with Crippen molar-refractivity contribution in [2.24, 2.45) is 0 Å². The number of nitrogens with one attached hydrogen (secondary N) is 2. The highest BCUT2D eigenvalue weighted by molar-refractivity contribution is 8.00. The monoisotopic (exact) mass is 428 g/mol. The summed E-state index contributed by atoms with van der Waals surface area (Å²) in [6, 6.07) is 23.7. The van der Waals surface area contributed by atoms with Crippen molar-refractivity contribution < 1.29 is 9.59 Å². The molecule has 1 aliphatic heterocycles. The molecule has 0 radical (unpaired) electrons. The minimum absolute atomic E-state index is 0.0674. The topological polar surface area (TPSA) is 85.2 Å². The summed E-state index contributed by atoms with van der Waals surface area (Å²) >= 11 is 1.57. The van der Waals surface area contributed by atoms with Crippen LogP contribution in [0, 0.1) is 18.3 Å². The zero-order chi connectivity index (χ0) is 21.8. The Morgan fingerprint density at radius 2 is 1.74 bits per heavy atom. The minimum Gasteiger partial charge on any atom is -0.308 e. The van der Waals surface area contributed by atoms with Crippen LogP contribution in [-0.4, -0.2) is 17.7 Å². The van der Waals surface area contributed by atoms with Crippen molar-refractivity contribution in [2.45, 2.75) is 12.3 Å². The number of amides is 3. The maximum absolute atomic E-state index is 12.6. The fourth-order valence-electron chi connectivity index (χ4n) is 3.49. The van der Waals surface area contributed by atoms with Gasteiger partial charge in [0.25, 0.3) is 0 Å². The third kappa shape index (κ3) is 4.55. The van der Waals surface area contributed by atoms with Gasteiger partial charge in [-0.15, -0.1) is 11.8 Å². The number of urea groups is 1. The molecule has 1 atom stereocenters. The van der Waals surface area contributed by atoms with Crippen molar-refractivity contribution in [1.29, 1.82) is 5.26 Å². The van der Waals surface area contributed by atoms with Crippen LogP contribution in [0.25, 0.3) is 0 Å². The van der Waals surface area contributed by atoms with Crippen molar-refractivity contribution in [3.63, 3.8) is 0 Å². The summed E-state index contributed by atoms with van der Waals surface area (Å²) in [6.45, 7) is 1.99. The van der Waals surface area contributed by atoms with Crippen LogP contribution in [0.5, 0.6) is 0 Å². The smallest absolute Gasteiger partial charge is 0.308 e. The van der Waals surface area contributed by atoms with Gasteiger partial charge in [0.05, 0.1) is 17.4 Å². The summed E-state index contributed by atoms with van der Waals surface area (Å²) in [5, 5.41) is 14.4. The molecule has 3 amide bonds. The number of carbonyl (C=O) groups excluding carboxylic acids is 2. The lowest BCUT2D eigenvalue weighted by atomic mass is 10.1. The molecule has 1 unspecified atom stereocenters. The number of anilines is 3. The fourth-order valence-corrected chi connectivity index (χ4v) is 4.65. The van der Waals surface area contributed by atoms with Gasteiger partial charge in [-0.25, -0.2) is 4.79 Å². The van der Waals surface area contributed by atoms with Crippen LogP contribution < -0.4 is 15.5 Å². The highest BCUT2D eigenvalue weighted by Crippen LogP contribution is 2.43. The number of carbonyl (C=O) groups is 2. The van der Waals surface area contributed by atoms with E-state index < -0.39 is 6.03 Å². The molecule has 31 heavy (non-hydrogen) atoms. The first kappa shape index (κ1) is 20.5. The van der Waals surface area contributed by atoms with Gasteiger partial charge in [0.1, 0.15) is 5.37 Å². The number of hydrogen-bond acceptors (Lipinski definition) is 4. The Morgan fingerprint density at radius 3 is 2.48 bits per heavy atom. The van der Waals surface area contributed by atoms with Gasteiger partial charge in [-0.2, -0.15) is 5.26 Å². The van der Waals surface area contributed by atoms with E-state index in [2.05, 4.69) is 10.6 Å². The standard InChI is InChI=1S/C24H20N4O2S/c1-16-6-2-3-11-21(16)28-22(29)15-31-23(28)18-8-5-10-20(13-18)27-24(30)26-19-9-4-7-17(12-19)14-25/h2-13,23H,15H2,1H3,(H2,26,27,30). The zero-order valence-corrected chi connectivity index (χ0v) is 17.6. The Hall–Kier alpha value is -3.76. The number of nitriles is 1. The molecule has 0 saturated carbocycles. The third-order valence-electron chi connectivity index (χ3n) is 4.92. The van der Waals surface area contributed by atoms with Crippen molar-refractivity contribution in [3.05, 3.63) is 89.5 Å². The molecule has 1 saturated heterocycles. The van der Waals surface area contributed by atoms with Crippen molar-refractivity contribution >= 4 is 40.8 Å². The molecule has 1 heterocycles. The van der Waals surface area contributed by atoms with E-state index in [1.54, 1.807) is 42.1 Å². The molecule has 4 rings (SSSR count). The predicted octanol–water partition coefficient (Wildman–Crippen LogP) is 5.29. The SMILES string of the molecule is Cc1ccccc1N1C(=O)CSC1c1cccc(NC(=O)Nc2cccc(C#N)c2)c1. The van der Waals surface area contributed by atoms with Gasteiger partial charge in [0, 0.05) is 17.1 Å². The second kappa shape index (κ2) is 8.94. The molecule has 1 aliphatic rings. The number of nitrogens with zero attached hydrogens (tertiary/aromatic N) is 2. The number of thioether (sulfide) groups is 1. The molecular formula is C24H20N4O2S. The third-order valence-corrected chi connectivity index (χ3v) is 6.13. The lowest BCUT2D eigenvalue weighted by molar-refractivity contribution is -0.115. The number of para-hydroxylation sites is 1. The molecule has 7 heteroatoms. The maximum Gasteiger partial charge on any atom is 0.323 e. The Morgan fingerprint density at radius 1 is 1.03 bits per heavy atom. The van der Waals surface area contributed by atoms with E-state index in [-0.39, 0.29) is 11.3 Å². The van der Waals surface area contributed by atoms with Crippen LogP contribution in [0.15, 0.2) is 72.8 Å². The highest BCUT2D eigenvalue weighted by Gasteiger charge is 2.34. The largest absolute Gasteiger partial charge is 0.323 e. The van der Waals surface area contributed by atoms with Gasteiger partial charge < -0.3 is 10.6 Å².